The van der Waals surface area contributed by atoms with E-state index >= 15 is 0 Å². The van der Waals surface area contributed by atoms with Crippen LogP contribution < -0.4 is 4.74 Å². The van der Waals surface area contributed by atoms with Gasteiger partial charge in [-0.2, -0.15) is 0 Å². The lowest BCUT2D eigenvalue weighted by molar-refractivity contribution is -0.154. The molecule has 7 heteroatoms. The second kappa shape index (κ2) is 7.55. The van der Waals surface area contributed by atoms with Crippen LogP contribution in [0.3, 0.4) is 0 Å². The van der Waals surface area contributed by atoms with Crippen molar-refractivity contribution in [3.05, 3.63) is 28.2 Å². The van der Waals surface area contributed by atoms with E-state index in [0.29, 0.717) is 10.8 Å². The molecule has 2 N–H and O–H groups in total. The van der Waals surface area contributed by atoms with Crippen LogP contribution in [-0.2, 0) is 9.53 Å². The van der Waals surface area contributed by atoms with E-state index in [1.54, 1.807) is 6.07 Å². The summed E-state index contributed by atoms with van der Waals surface area (Å²) in [7, 11) is 0. The maximum atomic E-state index is 11.5. The molecule has 0 aliphatic rings. The monoisotopic (exact) mass is 308 g/mol. The van der Waals surface area contributed by atoms with E-state index in [1.165, 1.54) is 19.1 Å². The Morgan fingerprint density at radius 1 is 1.42 bits per heavy atom. The van der Waals surface area contributed by atoms with Gasteiger partial charge in [0.05, 0.1) is 11.6 Å². The number of hydrogen-bond acceptors (Lipinski definition) is 5. The SMILES string of the molecule is CC(Oc1ccc(Cl)cc1Cl)C(=O)OCC(O)CO. The van der Waals surface area contributed by atoms with Crippen molar-refractivity contribution in [2.75, 3.05) is 13.2 Å². The first-order chi connectivity index (χ1) is 8.93. The average Bonchev–Trinajstić information content (AvgIpc) is 2.38. The third-order valence-corrected chi connectivity index (χ3v) is 2.69. The van der Waals surface area contributed by atoms with Crippen molar-refractivity contribution in [3.8, 4) is 5.75 Å². The van der Waals surface area contributed by atoms with Crippen LogP contribution in [0.4, 0.5) is 0 Å². The normalized spacial score (nSPS) is 13.7. The molecule has 0 spiro atoms. The number of carbonyl (C=O) groups excluding carboxylic acids is 1. The van der Waals surface area contributed by atoms with Crippen LogP contribution in [0.1, 0.15) is 6.92 Å². The molecule has 0 saturated carbocycles. The minimum Gasteiger partial charge on any atom is -0.477 e. The van der Waals surface area contributed by atoms with Gasteiger partial charge in [0.25, 0.3) is 0 Å². The van der Waals surface area contributed by atoms with E-state index in [2.05, 4.69) is 0 Å². The number of ether oxygens (including phenoxy) is 2. The molecule has 0 saturated heterocycles. The molecule has 0 amide bonds. The molecular formula is C12H14Cl2O5. The second-order valence-corrected chi connectivity index (χ2v) is 4.64. The van der Waals surface area contributed by atoms with E-state index < -0.39 is 24.8 Å². The number of rotatable bonds is 6. The van der Waals surface area contributed by atoms with E-state index in [4.69, 9.17) is 42.9 Å². The molecule has 0 aliphatic heterocycles. The molecule has 106 valence electrons. The molecule has 0 aromatic heterocycles. The molecule has 5 nitrogen and oxygen atoms in total. The third kappa shape index (κ3) is 5.24. The number of aliphatic hydroxyl groups excluding tert-OH is 2. The molecule has 1 rings (SSSR count). The minimum absolute atomic E-state index is 0.280. The van der Waals surface area contributed by atoms with Gasteiger partial charge in [-0.05, 0) is 25.1 Å². The molecule has 1 aromatic carbocycles. The van der Waals surface area contributed by atoms with Gasteiger partial charge in [0.2, 0.25) is 0 Å². The summed E-state index contributed by atoms with van der Waals surface area (Å²) < 4.78 is 10.1. The molecule has 0 fully saturated rings. The summed E-state index contributed by atoms with van der Waals surface area (Å²) in [5, 5.41) is 18.4. The average molecular weight is 309 g/mol. The van der Waals surface area contributed by atoms with Crippen LogP contribution in [0.15, 0.2) is 18.2 Å². The number of halogens is 2. The van der Waals surface area contributed by atoms with Gasteiger partial charge in [-0.15, -0.1) is 0 Å². The zero-order valence-electron chi connectivity index (χ0n) is 10.2. The van der Waals surface area contributed by atoms with Crippen LogP contribution >= 0.6 is 23.2 Å². The number of benzene rings is 1. The fraction of sp³-hybridized carbons (Fsp3) is 0.417. The highest BCUT2D eigenvalue weighted by molar-refractivity contribution is 6.35. The van der Waals surface area contributed by atoms with Gasteiger partial charge < -0.3 is 19.7 Å². The van der Waals surface area contributed by atoms with Crippen molar-refractivity contribution in [1.82, 2.24) is 0 Å². The van der Waals surface area contributed by atoms with Crippen molar-refractivity contribution in [1.29, 1.82) is 0 Å². The summed E-state index contributed by atoms with van der Waals surface area (Å²) >= 11 is 11.6. The Labute approximate surface area is 120 Å². The largest absolute Gasteiger partial charge is 0.477 e. The summed E-state index contributed by atoms with van der Waals surface area (Å²) in [6.07, 6.45) is -2.00. The van der Waals surface area contributed by atoms with Gasteiger partial charge in [0.15, 0.2) is 6.10 Å². The van der Waals surface area contributed by atoms with Crippen molar-refractivity contribution < 1.29 is 24.5 Å². The topological polar surface area (TPSA) is 76.0 Å². The Bertz CT molecular complexity index is 438. The fourth-order valence-corrected chi connectivity index (χ4v) is 1.61. The lowest BCUT2D eigenvalue weighted by Gasteiger charge is -2.16. The summed E-state index contributed by atoms with van der Waals surface area (Å²) in [6, 6.07) is 4.61. The maximum absolute atomic E-state index is 11.5. The highest BCUT2D eigenvalue weighted by Crippen LogP contribution is 2.28. The van der Waals surface area contributed by atoms with Gasteiger partial charge in [-0.25, -0.2) is 4.79 Å². The fourth-order valence-electron chi connectivity index (χ4n) is 1.16. The van der Waals surface area contributed by atoms with Crippen molar-refractivity contribution in [3.63, 3.8) is 0 Å². The quantitative estimate of drug-likeness (QED) is 0.782. The molecule has 0 bridgehead atoms. The van der Waals surface area contributed by atoms with Crippen LogP contribution in [0.25, 0.3) is 0 Å². The van der Waals surface area contributed by atoms with Crippen molar-refractivity contribution in [2.45, 2.75) is 19.1 Å². The highest BCUT2D eigenvalue weighted by atomic mass is 35.5. The Kier molecular flexibility index (Phi) is 6.37. The zero-order valence-corrected chi connectivity index (χ0v) is 11.7. The highest BCUT2D eigenvalue weighted by Gasteiger charge is 2.19. The number of carbonyl (C=O) groups is 1. The molecule has 2 unspecified atom stereocenters. The molecule has 1 aromatic rings. The second-order valence-electron chi connectivity index (χ2n) is 3.80. The standard InChI is InChI=1S/C12H14Cl2O5/c1-7(12(17)18-6-9(16)5-15)19-11-3-2-8(13)4-10(11)14/h2-4,7,9,15-16H,5-6H2,1H3. The number of aliphatic hydroxyl groups is 2. The van der Waals surface area contributed by atoms with E-state index in [0.717, 1.165) is 0 Å². The lowest BCUT2D eigenvalue weighted by Crippen LogP contribution is -2.30. The number of esters is 1. The first-order valence-corrected chi connectivity index (χ1v) is 6.27. The molecule has 0 aliphatic carbocycles. The third-order valence-electron chi connectivity index (χ3n) is 2.16. The van der Waals surface area contributed by atoms with Crippen LogP contribution in [0.2, 0.25) is 10.0 Å². The molecule has 0 heterocycles. The summed E-state index contributed by atoms with van der Waals surface area (Å²) in [6.45, 7) is 0.710. The molecular weight excluding hydrogens is 295 g/mol. The first-order valence-electron chi connectivity index (χ1n) is 5.51. The zero-order chi connectivity index (χ0) is 14.4. The minimum atomic E-state index is -1.10. The Balaban J connectivity index is 2.54. The molecule has 2 atom stereocenters. The Hall–Kier alpha value is -1.01. The van der Waals surface area contributed by atoms with Crippen LogP contribution in [0, 0.1) is 0 Å². The summed E-state index contributed by atoms with van der Waals surface area (Å²) in [4.78, 5) is 11.5. The maximum Gasteiger partial charge on any atom is 0.347 e. The lowest BCUT2D eigenvalue weighted by atomic mass is 10.3. The van der Waals surface area contributed by atoms with Crippen molar-refractivity contribution >= 4 is 29.2 Å². The van der Waals surface area contributed by atoms with Crippen LogP contribution in [-0.4, -0.2) is 41.6 Å². The summed E-state index contributed by atoms with van der Waals surface area (Å²) in [5.41, 5.74) is 0. The smallest absolute Gasteiger partial charge is 0.347 e. The predicted octanol–water partition coefficient (Wildman–Crippen LogP) is 1.66. The van der Waals surface area contributed by atoms with Gasteiger partial charge in [-0.1, -0.05) is 23.2 Å². The van der Waals surface area contributed by atoms with Gasteiger partial charge in [0, 0.05) is 5.02 Å². The van der Waals surface area contributed by atoms with Gasteiger partial charge in [-0.3, -0.25) is 0 Å². The van der Waals surface area contributed by atoms with E-state index in [-0.39, 0.29) is 11.6 Å². The summed E-state index contributed by atoms with van der Waals surface area (Å²) in [5.74, 6) is -0.364. The van der Waals surface area contributed by atoms with E-state index in [1.807, 2.05) is 0 Å². The molecule has 0 radical (unpaired) electrons. The number of hydrogen-bond donors (Lipinski definition) is 2. The Morgan fingerprint density at radius 3 is 2.68 bits per heavy atom. The van der Waals surface area contributed by atoms with Crippen LogP contribution in [0.5, 0.6) is 5.75 Å². The molecule has 19 heavy (non-hydrogen) atoms. The van der Waals surface area contributed by atoms with E-state index in [9.17, 15) is 4.79 Å². The predicted molar refractivity (Wildman–Crippen MR) is 70.6 cm³/mol. The first kappa shape index (κ1) is 16.0. The van der Waals surface area contributed by atoms with Gasteiger partial charge in [0.1, 0.15) is 18.5 Å². The van der Waals surface area contributed by atoms with Gasteiger partial charge >= 0.3 is 5.97 Å². The Morgan fingerprint density at radius 2 is 2.11 bits per heavy atom. The van der Waals surface area contributed by atoms with Crippen molar-refractivity contribution in [2.24, 2.45) is 0 Å².